The van der Waals surface area contributed by atoms with Crippen molar-refractivity contribution in [3.63, 3.8) is 0 Å². The lowest BCUT2D eigenvalue weighted by Crippen LogP contribution is -2.44. The Morgan fingerprint density at radius 2 is 1.86 bits per heavy atom. The summed E-state index contributed by atoms with van der Waals surface area (Å²) in [6, 6.07) is 8.91. The zero-order valence-corrected chi connectivity index (χ0v) is 13.0. The summed E-state index contributed by atoms with van der Waals surface area (Å²) in [5.74, 6) is 0.991. The van der Waals surface area contributed by atoms with Gasteiger partial charge in [0.1, 0.15) is 0 Å². The Hall–Kier alpha value is -1.12. The van der Waals surface area contributed by atoms with Gasteiger partial charge >= 0.3 is 0 Å². The first kappa shape index (κ1) is 17.2. The number of nitrogens with one attached hydrogen (secondary N) is 2. The molecule has 0 unspecified atom stereocenters. The molecule has 0 aliphatic carbocycles. The van der Waals surface area contributed by atoms with Crippen molar-refractivity contribution in [3.8, 4) is 0 Å². The maximum atomic E-state index is 11.8. The number of aliphatic hydroxyl groups is 3. The molecule has 0 saturated carbocycles. The molecule has 6 nitrogen and oxygen atoms in total. The zero-order valence-electron chi connectivity index (χ0n) is 12.2. The Balaban J connectivity index is 1.66. The first-order valence-corrected chi connectivity index (χ1v) is 8.38. The molecule has 1 aliphatic rings. The van der Waals surface area contributed by atoms with Crippen molar-refractivity contribution >= 4 is 17.7 Å². The molecule has 0 aromatic heterocycles. The topological polar surface area (TPSA) is 102 Å². The third-order valence-electron chi connectivity index (χ3n) is 3.66. The van der Waals surface area contributed by atoms with E-state index >= 15 is 0 Å². The Labute approximate surface area is 133 Å². The largest absolute Gasteiger partial charge is 0.395 e. The van der Waals surface area contributed by atoms with Crippen LogP contribution in [-0.2, 0) is 10.5 Å². The molecule has 22 heavy (non-hydrogen) atoms. The van der Waals surface area contributed by atoms with Crippen LogP contribution in [0.5, 0.6) is 0 Å². The molecule has 4 atom stereocenters. The lowest BCUT2D eigenvalue weighted by molar-refractivity contribution is -0.118. The fourth-order valence-electron chi connectivity index (χ4n) is 2.40. The van der Waals surface area contributed by atoms with Crippen LogP contribution in [-0.4, -0.2) is 64.4 Å². The van der Waals surface area contributed by atoms with Crippen LogP contribution in [0.1, 0.15) is 5.56 Å². The molecule has 1 heterocycles. The van der Waals surface area contributed by atoms with Gasteiger partial charge in [-0.1, -0.05) is 30.3 Å². The normalized spacial score (nSPS) is 27.8. The zero-order chi connectivity index (χ0) is 15.9. The van der Waals surface area contributed by atoms with Crippen LogP contribution in [0.15, 0.2) is 30.3 Å². The molecular weight excluding hydrogens is 304 g/mol. The number of carbonyl (C=O) groups is 1. The molecule has 1 aromatic rings. The van der Waals surface area contributed by atoms with Gasteiger partial charge in [-0.3, -0.25) is 4.79 Å². The smallest absolute Gasteiger partial charge is 0.230 e. The number of benzene rings is 1. The second-order valence-corrected chi connectivity index (χ2v) is 6.31. The van der Waals surface area contributed by atoms with Crippen LogP contribution in [0, 0.1) is 0 Å². The first-order valence-electron chi connectivity index (χ1n) is 7.23. The van der Waals surface area contributed by atoms with E-state index in [2.05, 4.69) is 10.6 Å². The van der Waals surface area contributed by atoms with E-state index in [0.29, 0.717) is 5.75 Å². The number of hydrogen-bond donors (Lipinski definition) is 5. The Bertz CT molecular complexity index is 474. The van der Waals surface area contributed by atoms with Crippen molar-refractivity contribution in [1.82, 2.24) is 10.6 Å². The average molecular weight is 326 g/mol. The number of thioether (sulfide) groups is 1. The molecule has 5 N–H and O–H groups in total. The lowest BCUT2D eigenvalue weighted by atomic mass is 10.1. The van der Waals surface area contributed by atoms with E-state index in [1.807, 2.05) is 30.3 Å². The molecule has 0 radical (unpaired) electrons. The van der Waals surface area contributed by atoms with Gasteiger partial charge in [0.2, 0.25) is 5.91 Å². The minimum Gasteiger partial charge on any atom is -0.395 e. The van der Waals surface area contributed by atoms with Crippen molar-refractivity contribution in [2.24, 2.45) is 0 Å². The Morgan fingerprint density at radius 1 is 1.18 bits per heavy atom. The monoisotopic (exact) mass is 326 g/mol. The summed E-state index contributed by atoms with van der Waals surface area (Å²) < 4.78 is 0. The maximum Gasteiger partial charge on any atom is 0.230 e. The summed E-state index contributed by atoms with van der Waals surface area (Å²) >= 11 is 1.52. The number of rotatable bonds is 7. The molecule has 2 rings (SSSR count). The fourth-order valence-corrected chi connectivity index (χ4v) is 3.22. The van der Waals surface area contributed by atoms with Gasteiger partial charge in [0.25, 0.3) is 0 Å². The van der Waals surface area contributed by atoms with Crippen LogP contribution in [0.2, 0.25) is 0 Å². The third-order valence-corrected chi connectivity index (χ3v) is 4.67. The standard InChI is InChI=1S/C15H22N2O4S/c18-7-12-15(21)14(20)11(17-12)6-16-13(19)9-22-8-10-4-2-1-3-5-10/h1-5,11-12,14-15,17-18,20-21H,6-9H2,(H,16,19)/t11-,12-,14-,15-/m1/s1. The predicted octanol–water partition coefficient (Wildman–Crippen LogP) is -0.909. The minimum atomic E-state index is -1.01. The van der Waals surface area contributed by atoms with Gasteiger partial charge in [-0.25, -0.2) is 0 Å². The van der Waals surface area contributed by atoms with Gasteiger partial charge in [-0.15, -0.1) is 11.8 Å². The van der Waals surface area contributed by atoms with E-state index in [-0.39, 0.29) is 19.1 Å². The molecular formula is C15H22N2O4S. The Morgan fingerprint density at radius 3 is 2.50 bits per heavy atom. The second kappa shape index (κ2) is 8.50. The summed E-state index contributed by atoms with van der Waals surface area (Å²) in [5.41, 5.74) is 1.17. The second-order valence-electron chi connectivity index (χ2n) is 5.33. The maximum absolute atomic E-state index is 11.8. The summed E-state index contributed by atoms with van der Waals surface area (Å²) in [6.07, 6.45) is -2.01. The Kier molecular flexibility index (Phi) is 6.66. The molecule has 1 amide bonds. The van der Waals surface area contributed by atoms with Gasteiger partial charge in [-0.2, -0.15) is 0 Å². The van der Waals surface area contributed by atoms with Crippen LogP contribution in [0.25, 0.3) is 0 Å². The van der Waals surface area contributed by atoms with Crippen molar-refractivity contribution in [3.05, 3.63) is 35.9 Å². The molecule has 1 saturated heterocycles. The van der Waals surface area contributed by atoms with E-state index in [0.717, 1.165) is 5.75 Å². The van der Waals surface area contributed by atoms with Gasteiger partial charge in [-0.05, 0) is 5.56 Å². The van der Waals surface area contributed by atoms with E-state index in [1.54, 1.807) is 0 Å². The van der Waals surface area contributed by atoms with Gasteiger partial charge in [0.05, 0.1) is 36.7 Å². The molecule has 122 valence electrons. The average Bonchev–Trinajstić information content (AvgIpc) is 2.81. The SMILES string of the molecule is O=C(CSCc1ccccc1)NC[C@H]1N[C@H](CO)[C@@H](O)[C@@H]1O. The predicted molar refractivity (Wildman–Crippen MR) is 85.4 cm³/mol. The highest BCUT2D eigenvalue weighted by Crippen LogP contribution is 2.14. The first-order chi connectivity index (χ1) is 10.6. The van der Waals surface area contributed by atoms with Crippen molar-refractivity contribution < 1.29 is 20.1 Å². The van der Waals surface area contributed by atoms with E-state index in [9.17, 15) is 15.0 Å². The fraction of sp³-hybridized carbons (Fsp3) is 0.533. The molecule has 1 aromatic carbocycles. The number of hydrogen-bond acceptors (Lipinski definition) is 6. The van der Waals surface area contributed by atoms with Crippen LogP contribution in [0.4, 0.5) is 0 Å². The number of amides is 1. The van der Waals surface area contributed by atoms with E-state index in [4.69, 9.17) is 5.11 Å². The summed E-state index contributed by atoms with van der Waals surface area (Å²) in [6.45, 7) is -0.0327. The van der Waals surface area contributed by atoms with Crippen LogP contribution >= 0.6 is 11.8 Å². The van der Waals surface area contributed by atoms with Crippen molar-refractivity contribution in [2.75, 3.05) is 18.9 Å². The van der Waals surface area contributed by atoms with E-state index in [1.165, 1.54) is 17.3 Å². The van der Waals surface area contributed by atoms with Gasteiger partial charge in [0.15, 0.2) is 0 Å². The molecule has 0 spiro atoms. The minimum absolute atomic E-state index is 0.114. The number of carbonyl (C=O) groups excluding carboxylic acids is 1. The van der Waals surface area contributed by atoms with Gasteiger partial charge in [0, 0.05) is 12.3 Å². The molecule has 0 bridgehead atoms. The summed E-state index contributed by atoms with van der Waals surface area (Å²) in [4.78, 5) is 11.8. The number of aliphatic hydroxyl groups excluding tert-OH is 3. The van der Waals surface area contributed by atoms with Crippen LogP contribution in [0.3, 0.4) is 0 Å². The molecule has 1 aliphatic heterocycles. The molecule has 7 heteroatoms. The highest BCUT2D eigenvalue weighted by atomic mass is 32.2. The highest BCUT2D eigenvalue weighted by Gasteiger charge is 2.40. The summed E-state index contributed by atoms with van der Waals surface area (Å²) in [5, 5.41) is 34.2. The summed E-state index contributed by atoms with van der Waals surface area (Å²) in [7, 11) is 0. The van der Waals surface area contributed by atoms with Crippen molar-refractivity contribution in [1.29, 1.82) is 0 Å². The quantitative estimate of drug-likeness (QED) is 0.445. The highest BCUT2D eigenvalue weighted by molar-refractivity contribution is 7.99. The lowest BCUT2D eigenvalue weighted by Gasteiger charge is -2.16. The van der Waals surface area contributed by atoms with Gasteiger partial charge < -0.3 is 26.0 Å². The molecule has 1 fully saturated rings. The van der Waals surface area contributed by atoms with E-state index < -0.39 is 24.3 Å². The van der Waals surface area contributed by atoms with Crippen LogP contribution < -0.4 is 10.6 Å². The third kappa shape index (κ3) is 4.69. The van der Waals surface area contributed by atoms with Crippen molar-refractivity contribution in [2.45, 2.75) is 30.0 Å².